The van der Waals surface area contributed by atoms with Crippen molar-refractivity contribution in [2.45, 2.75) is 27.2 Å². The fourth-order valence-electron chi connectivity index (χ4n) is 4.17. The molecule has 30 heavy (non-hydrogen) atoms. The van der Waals surface area contributed by atoms with E-state index < -0.39 is 5.63 Å². The number of aryl methyl sites for hydroxylation is 3. The molecule has 0 radical (unpaired) electrons. The van der Waals surface area contributed by atoms with Crippen LogP contribution in [0, 0.1) is 20.8 Å². The van der Waals surface area contributed by atoms with Crippen LogP contribution in [-0.4, -0.2) is 10.9 Å². The van der Waals surface area contributed by atoms with Crippen LogP contribution in [-0.2, 0) is 11.2 Å². The lowest BCUT2D eigenvalue weighted by atomic mass is 9.98. The first kappa shape index (κ1) is 18.2. The molecule has 0 fully saturated rings. The van der Waals surface area contributed by atoms with Crippen LogP contribution in [0.4, 0.5) is 5.69 Å². The zero-order chi connectivity index (χ0) is 21.0. The van der Waals surface area contributed by atoms with Gasteiger partial charge in [0.2, 0.25) is 5.91 Å². The molecule has 0 saturated carbocycles. The Morgan fingerprint density at radius 1 is 1.07 bits per heavy atom. The van der Waals surface area contributed by atoms with Gasteiger partial charge in [-0.2, -0.15) is 0 Å². The van der Waals surface area contributed by atoms with Gasteiger partial charge < -0.3 is 19.1 Å². The van der Waals surface area contributed by atoms with E-state index >= 15 is 0 Å². The van der Waals surface area contributed by atoms with Crippen LogP contribution in [0.1, 0.15) is 22.3 Å². The molecule has 1 amide bonds. The molecule has 0 atom stereocenters. The maximum absolute atomic E-state index is 12.7. The predicted molar refractivity (Wildman–Crippen MR) is 117 cm³/mol. The van der Waals surface area contributed by atoms with Crippen molar-refractivity contribution in [1.82, 2.24) is 4.98 Å². The summed E-state index contributed by atoms with van der Waals surface area (Å²) in [6.07, 6.45) is 3.47. The van der Waals surface area contributed by atoms with E-state index in [1.807, 2.05) is 57.3 Å². The summed E-state index contributed by atoms with van der Waals surface area (Å²) in [6.45, 7) is 5.78. The molecule has 0 bridgehead atoms. The Morgan fingerprint density at radius 3 is 2.73 bits per heavy atom. The van der Waals surface area contributed by atoms with Crippen LogP contribution in [0.2, 0.25) is 0 Å². The minimum absolute atomic E-state index is 0.0790. The lowest BCUT2D eigenvalue weighted by Gasteiger charge is -2.10. The Hall–Kier alpha value is -3.80. The third kappa shape index (κ3) is 2.80. The number of rotatable bonds is 3. The van der Waals surface area contributed by atoms with Gasteiger partial charge >= 0.3 is 5.63 Å². The van der Waals surface area contributed by atoms with Crippen molar-refractivity contribution < 1.29 is 13.6 Å². The Kier molecular flexibility index (Phi) is 4.03. The second-order valence-corrected chi connectivity index (χ2v) is 7.69. The van der Waals surface area contributed by atoms with E-state index in [9.17, 15) is 9.59 Å². The molecule has 3 aromatic heterocycles. The van der Waals surface area contributed by atoms with Gasteiger partial charge in [0.25, 0.3) is 0 Å². The summed E-state index contributed by atoms with van der Waals surface area (Å²) in [5.41, 5.74) is 5.37. The van der Waals surface area contributed by atoms with Crippen LogP contribution in [0.25, 0.3) is 32.8 Å². The number of nitrogens with one attached hydrogen (secondary N) is 2. The molecule has 0 saturated heterocycles. The predicted octanol–water partition coefficient (Wildman–Crippen LogP) is 5.13. The number of furan rings is 1. The van der Waals surface area contributed by atoms with Gasteiger partial charge in [-0.05, 0) is 67.8 Å². The van der Waals surface area contributed by atoms with Gasteiger partial charge in [-0.1, -0.05) is 0 Å². The number of aromatic amines is 1. The number of aromatic nitrogens is 1. The molecule has 0 spiro atoms. The number of carbonyl (C=O) groups is 1. The Labute approximate surface area is 171 Å². The highest BCUT2D eigenvalue weighted by Crippen LogP contribution is 2.34. The van der Waals surface area contributed by atoms with Crippen molar-refractivity contribution in [3.8, 4) is 0 Å². The standard InChI is InChI=1S/C24H20N2O4/c1-12-8-19-22(23-21(12)13(2)11-29-23)14(3)17(24(28)30-19)10-20(27)26-16-4-5-18-15(9-16)6-7-25-18/h4-9,11,25H,10H2,1-3H3,(H,26,27). The summed E-state index contributed by atoms with van der Waals surface area (Å²) in [7, 11) is 0. The molecule has 0 unspecified atom stereocenters. The van der Waals surface area contributed by atoms with Crippen LogP contribution in [0.5, 0.6) is 0 Å². The van der Waals surface area contributed by atoms with E-state index in [1.54, 1.807) is 6.26 Å². The van der Waals surface area contributed by atoms with Crippen molar-refractivity contribution >= 4 is 44.4 Å². The van der Waals surface area contributed by atoms with Crippen LogP contribution < -0.4 is 10.9 Å². The van der Waals surface area contributed by atoms with Crippen LogP contribution in [0.3, 0.4) is 0 Å². The minimum atomic E-state index is -0.502. The smallest absolute Gasteiger partial charge is 0.340 e. The fraction of sp³-hybridized carbons (Fsp3) is 0.167. The van der Waals surface area contributed by atoms with Crippen molar-refractivity contribution in [3.63, 3.8) is 0 Å². The van der Waals surface area contributed by atoms with Gasteiger partial charge in [-0.25, -0.2) is 4.79 Å². The van der Waals surface area contributed by atoms with Crippen LogP contribution in [0.15, 0.2) is 56.4 Å². The van der Waals surface area contributed by atoms with Gasteiger partial charge in [0.15, 0.2) is 0 Å². The van der Waals surface area contributed by atoms with E-state index in [0.717, 1.165) is 32.8 Å². The highest BCUT2D eigenvalue weighted by molar-refractivity contribution is 6.07. The molecule has 5 aromatic rings. The largest absolute Gasteiger partial charge is 0.463 e. The average molecular weight is 400 g/mol. The Balaban J connectivity index is 1.54. The lowest BCUT2D eigenvalue weighted by Crippen LogP contribution is -2.20. The first-order valence-electron chi connectivity index (χ1n) is 9.73. The first-order chi connectivity index (χ1) is 14.4. The van der Waals surface area contributed by atoms with E-state index in [-0.39, 0.29) is 12.3 Å². The molecular weight excluding hydrogens is 380 g/mol. The molecule has 6 nitrogen and oxygen atoms in total. The van der Waals surface area contributed by atoms with E-state index in [4.69, 9.17) is 8.83 Å². The highest BCUT2D eigenvalue weighted by atomic mass is 16.4. The average Bonchev–Trinajstić information content (AvgIpc) is 3.31. The van der Waals surface area contributed by atoms with Crippen molar-refractivity contribution in [1.29, 1.82) is 0 Å². The fourth-order valence-corrected chi connectivity index (χ4v) is 4.17. The number of fused-ring (bicyclic) bond motifs is 4. The quantitative estimate of drug-likeness (QED) is 0.411. The summed E-state index contributed by atoms with van der Waals surface area (Å²) >= 11 is 0. The molecule has 0 aliphatic rings. The van der Waals surface area contributed by atoms with E-state index in [1.165, 1.54) is 0 Å². The molecule has 0 aliphatic heterocycles. The summed E-state index contributed by atoms with van der Waals surface area (Å²) in [5, 5.41) is 5.61. The second-order valence-electron chi connectivity index (χ2n) is 7.69. The summed E-state index contributed by atoms with van der Waals surface area (Å²) in [6, 6.07) is 9.40. The van der Waals surface area contributed by atoms with Crippen molar-refractivity contribution in [2.75, 3.05) is 5.32 Å². The minimum Gasteiger partial charge on any atom is -0.463 e. The van der Waals surface area contributed by atoms with Crippen molar-refractivity contribution in [3.05, 3.63) is 75.5 Å². The third-order valence-electron chi connectivity index (χ3n) is 5.64. The number of anilines is 1. The van der Waals surface area contributed by atoms with E-state index in [2.05, 4.69) is 10.3 Å². The summed E-state index contributed by atoms with van der Waals surface area (Å²) in [5.74, 6) is -0.279. The molecule has 5 rings (SSSR count). The van der Waals surface area contributed by atoms with Crippen LogP contribution >= 0.6 is 0 Å². The summed E-state index contributed by atoms with van der Waals surface area (Å²) in [4.78, 5) is 28.5. The lowest BCUT2D eigenvalue weighted by molar-refractivity contribution is -0.115. The topological polar surface area (TPSA) is 88.2 Å². The van der Waals surface area contributed by atoms with Gasteiger partial charge in [-0.3, -0.25) is 4.79 Å². The SMILES string of the molecule is Cc1coc2c1c(C)cc1oc(=O)c(CC(=O)Nc3ccc4[nH]ccc4c3)c(C)c12. The second kappa shape index (κ2) is 6.62. The Bertz CT molecular complexity index is 1520. The zero-order valence-electron chi connectivity index (χ0n) is 16.9. The normalized spacial score (nSPS) is 11.6. The highest BCUT2D eigenvalue weighted by Gasteiger charge is 2.20. The molecule has 2 aromatic carbocycles. The number of hydrogen-bond acceptors (Lipinski definition) is 4. The third-order valence-corrected chi connectivity index (χ3v) is 5.64. The van der Waals surface area contributed by atoms with E-state index in [0.29, 0.717) is 28.0 Å². The van der Waals surface area contributed by atoms with Gasteiger partial charge in [0, 0.05) is 28.2 Å². The molecule has 6 heteroatoms. The molecular formula is C24H20N2O4. The monoisotopic (exact) mass is 400 g/mol. The first-order valence-corrected chi connectivity index (χ1v) is 9.73. The van der Waals surface area contributed by atoms with Gasteiger partial charge in [-0.15, -0.1) is 0 Å². The number of hydrogen-bond donors (Lipinski definition) is 2. The van der Waals surface area contributed by atoms with Gasteiger partial charge in [0.05, 0.1) is 23.6 Å². The maximum atomic E-state index is 12.7. The number of carbonyl (C=O) groups excluding carboxylic acids is 1. The summed E-state index contributed by atoms with van der Waals surface area (Å²) < 4.78 is 11.4. The molecule has 150 valence electrons. The maximum Gasteiger partial charge on any atom is 0.340 e. The van der Waals surface area contributed by atoms with Gasteiger partial charge in [0.1, 0.15) is 11.2 Å². The molecule has 2 N–H and O–H groups in total. The number of H-pyrrole nitrogens is 1. The Morgan fingerprint density at radius 2 is 1.90 bits per heavy atom. The molecule has 3 heterocycles. The molecule has 0 aliphatic carbocycles. The van der Waals surface area contributed by atoms with Crippen molar-refractivity contribution in [2.24, 2.45) is 0 Å². The zero-order valence-corrected chi connectivity index (χ0v) is 16.9. The number of amides is 1. The number of benzene rings is 2.